The Morgan fingerprint density at radius 1 is 0.846 bits per heavy atom. The third kappa shape index (κ3) is 5.76. The van der Waals surface area contributed by atoms with Gasteiger partial charge in [-0.1, -0.05) is 78.2 Å². The quantitative estimate of drug-likeness (QED) is 0.296. The molecule has 1 N–H and O–H groups in total. The Morgan fingerprint density at radius 2 is 1.46 bits per heavy atom. The van der Waals surface area contributed by atoms with Gasteiger partial charge in [0, 0.05) is 31.9 Å². The third-order valence-electron chi connectivity index (χ3n) is 7.82. The van der Waals surface area contributed by atoms with E-state index in [1.807, 2.05) is 66.7 Å². The van der Waals surface area contributed by atoms with E-state index < -0.39 is 24.0 Å². The molecule has 2 aliphatic rings. The summed E-state index contributed by atoms with van der Waals surface area (Å²) in [6.07, 6.45) is -2.50. The summed E-state index contributed by atoms with van der Waals surface area (Å²) in [4.78, 5) is 18.3. The predicted octanol–water partition coefficient (Wildman–Crippen LogP) is 6.93. The van der Waals surface area contributed by atoms with Gasteiger partial charge in [0.1, 0.15) is 12.0 Å². The second-order valence-electron chi connectivity index (χ2n) is 10.2. The molecule has 0 saturated carbocycles. The van der Waals surface area contributed by atoms with Crippen LogP contribution in [0, 0.1) is 0 Å². The van der Waals surface area contributed by atoms with Gasteiger partial charge < -0.3 is 10.2 Å². The molecule has 39 heavy (non-hydrogen) atoms. The Balaban J connectivity index is 1.26. The van der Waals surface area contributed by atoms with Crippen molar-refractivity contribution < 1.29 is 18.0 Å². The number of carbonyl (C=O) groups is 1. The van der Waals surface area contributed by atoms with Gasteiger partial charge in [-0.25, -0.2) is 0 Å². The SMILES string of the molecule is O=C(NCC(F)(F)F)C1(CCCCN2CCN(c3ccc(Cl)c(Cl)c3)CC2)c2ccccc2-c2ccccc21. The summed E-state index contributed by atoms with van der Waals surface area (Å²) in [6, 6.07) is 20.8. The Kier molecular flexibility index (Phi) is 8.13. The predicted molar refractivity (Wildman–Crippen MR) is 151 cm³/mol. The number of carbonyl (C=O) groups excluding carboxylic acids is 1. The van der Waals surface area contributed by atoms with Crippen molar-refractivity contribution in [1.82, 2.24) is 10.2 Å². The van der Waals surface area contributed by atoms with Crippen LogP contribution in [0.15, 0.2) is 66.7 Å². The molecule has 1 aliphatic heterocycles. The van der Waals surface area contributed by atoms with E-state index in [9.17, 15) is 18.0 Å². The lowest BCUT2D eigenvalue weighted by atomic mass is 9.73. The number of halogens is 5. The number of fused-ring (bicyclic) bond motifs is 3. The van der Waals surface area contributed by atoms with E-state index in [0.717, 1.165) is 67.1 Å². The van der Waals surface area contributed by atoms with Crippen molar-refractivity contribution >= 4 is 34.8 Å². The van der Waals surface area contributed by atoms with Crippen molar-refractivity contribution in [2.24, 2.45) is 0 Å². The van der Waals surface area contributed by atoms with Crippen molar-refractivity contribution in [1.29, 1.82) is 0 Å². The van der Waals surface area contributed by atoms with E-state index in [2.05, 4.69) is 15.1 Å². The van der Waals surface area contributed by atoms with Gasteiger partial charge in [0.2, 0.25) is 5.91 Å². The molecule has 0 radical (unpaired) electrons. The summed E-state index contributed by atoms with van der Waals surface area (Å²) >= 11 is 12.2. The van der Waals surface area contributed by atoms with Crippen LogP contribution < -0.4 is 10.2 Å². The summed E-state index contributed by atoms with van der Waals surface area (Å²) in [5, 5.41) is 3.29. The highest BCUT2D eigenvalue weighted by molar-refractivity contribution is 6.42. The molecule has 1 saturated heterocycles. The van der Waals surface area contributed by atoms with Gasteiger partial charge in [0.05, 0.1) is 10.0 Å². The minimum absolute atomic E-state index is 0.438. The van der Waals surface area contributed by atoms with Crippen molar-refractivity contribution in [2.45, 2.75) is 30.9 Å². The van der Waals surface area contributed by atoms with E-state index in [1.165, 1.54) is 0 Å². The first kappa shape index (κ1) is 27.8. The number of nitrogens with one attached hydrogen (secondary N) is 1. The molecule has 0 bridgehead atoms. The molecule has 0 atom stereocenters. The first-order valence-electron chi connectivity index (χ1n) is 13.2. The minimum atomic E-state index is -4.48. The molecule has 4 nitrogen and oxygen atoms in total. The van der Waals surface area contributed by atoms with Crippen LogP contribution >= 0.6 is 23.2 Å². The molecule has 1 amide bonds. The highest BCUT2D eigenvalue weighted by atomic mass is 35.5. The Hall–Kier alpha value is -2.74. The largest absolute Gasteiger partial charge is 0.405 e. The maximum Gasteiger partial charge on any atom is 0.405 e. The van der Waals surface area contributed by atoms with Crippen LogP contribution in [-0.4, -0.2) is 56.3 Å². The molecule has 5 rings (SSSR count). The van der Waals surface area contributed by atoms with Crippen molar-refractivity contribution in [3.63, 3.8) is 0 Å². The first-order chi connectivity index (χ1) is 18.7. The molecule has 0 aromatic heterocycles. The number of amides is 1. The average molecular weight is 576 g/mol. The zero-order valence-corrected chi connectivity index (χ0v) is 22.9. The van der Waals surface area contributed by atoms with Crippen LogP contribution in [0.5, 0.6) is 0 Å². The Morgan fingerprint density at radius 3 is 2.05 bits per heavy atom. The van der Waals surface area contributed by atoms with Gasteiger partial charge in [-0.05, 0) is 59.8 Å². The van der Waals surface area contributed by atoms with Crippen LogP contribution in [0.4, 0.5) is 18.9 Å². The number of hydrogen-bond donors (Lipinski definition) is 1. The average Bonchev–Trinajstić information content (AvgIpc) is 3.22. The Bertz CT molecular complexity index is 1290. The van der Waals surface area contributed by atoms with Crippen molar-refractivity contribution in [3.05, 3.63) is 87.9 Å². The number of alkyl halides is 3. The summed E-state index contributed by atoms with van der Waals surface area (Å²) in [6.45, 7) is 3.02. The summed E-state index contributed by atoms with van der Waals surface area (Å²) in [7, 11) is 0. The second-order valence-corrected chi connectivity index (χ2v) is 11.0. The van der Waals surface area contributed by atoms with Gasteiger partial charge in [-0.15, -0.1) is 0 Å². The number of rotatable bonds is 8. The van der Waals surface area contributed by atoms with Gasteiger partial charge in [0.25, 0.3) is 0 Å². The van der Waals surface area contributed by atoms with Crippen LogP contribution in [0.25, 0.3) is 11.1 Å². The number of piperazine rings is 1. The fourth-order valence-electron chi connectivity index (χ4n) is 5.92. The zero-order valence-electron chi connectivity index (χ0n) is 21.4. The number of anilines is 1. The fourth-order valence-corrected chi connectivity index (χ4v) is 6.21. The van der Waals surface area contributed by atoms with Gasteiger partial charge in [0.15, 0.2) is 0 Å². The van der Waals surface area contributed by atoms with E-state index in [-0.39, 0.29) is 0 Å². The lowest BCUT2D eigenvalue weighted by molar-refractivity contribution is -0.141. The molecule has 0 unspecified atom stereocenters. The molecular formula is C30H30Cl2F3N3O. The topological polar surface area (TPSA) is 35.6 Å². The molecule has 3 aromatic carbocycles. The second kappa shape index (κ2) is 11.4. The van der Waals surface area contributed by atoms with Gasteiger partial charge in [-0.2, -0.15) is 13.2 Å². The van der Waals surface area contributed by atoms with Crippen molar-refractivity contribution in [2.75, 3.05) is 44.2 Å². The molecular weight excluding hydrogens is 546 g/mol. The number of benzene rings is 3. The van der Waals surface area contributed by atoms with Crippen LogP contribution in [-0.2, 0) is 10.2 Å². The van der Waals surface area contributed by atoms with E-state index >= 15 is 0 Å². The van der Waals surface area contributed by atoms with Crippen LogP contribution in [0.1, 0.15) is 30.4 Å². The highest BCUT2D eigenvalue weighted by Crippen LogP contribution is 2.51. The smallest absolute Gasteiger partial charge is 0.369 e. The molecule has 1 heterocycles. The van der Waals surface area contributed by atoms with E-state index in [1.54, 1.807) is 0 Å². The number of unbranched alkanes of at least 4 members (excludes halogenated alkanes) is 1. The molecule has 0 spiro atoms. The van der Waals surface area contributed by atoms with Gasteiger partial charge >= 0.3 is 6.18 Å². The molecule has 206 valence electrons. The highest BCUT2D eigenvalue weighted by Gasteiger charge is 2.49. The molecule has 1 fully saturated rings. The maximum absolute atomic E-state index is 13.6. The molecule has 3 aromatic rings. The Labute approximate surface area is 236 Å². The van der Waals surface area contributed by atoms with Crippen molar-refractivity contribution in [3.8, 4) is 11.1 Å². The molecule has 1 aliphatic carbocycles. The first-order valence-corrected chi connectivity index (χ1v) is 13.9. The summed E-state index contributed by atoms with van der Waals surface area (Å²) in [5.74, 6) is -0.590. The zero-order chi connectivity index (χ0) is 27.6. The number of nitrogens with zero attached hydrogens (tertiary/aromatic N) is 2. The van der Waals surface area contributed by atoms with E-state index in [4.69, 9.17) is 23.2 Å². The lowest BCUT2D eigenvalue weighted by Crippen LogP contribution is -2.47. The maximum atomic E-state index is 13.6. The summed E-state index contributed by atoms with van der Waals surface area (Å²) in [5.41, 5.74) is 3.28. The normalized spacial score (nSPS) is 16.6. The standard InChI is InChI=1S/C30H30Cl2F3N3O/c31-26-12-11-21(19-27(26)32)38-17-15-37(16-18-38)14-6-5-13-29(28(39)36-20-30(33,34)35)24-9-3-1-7-22(24)23-8-2-4-10-25(23)29/h1-4,7-12,19H,5-6,13-18,20H2,(H,36,39). The lowest BCUT2D eigenvalue weighted by Gasteiger charge is -2.36. The molecule has 9 heteroatoms. The fraction of sp³-hybridized carbons (Fsp3) is 0.367. The number of hydrogen-bond acceptors (Lipinski definition) is 3. The van der Waals surface area contributed by atoms with Crippen LogP contribution in [0.3, 0.4) is 0 Å². The monoisotopic (exact) mass is 575 g/mol. The van der Waals surface area contributed by atoms with Gasteiger partial charge in [-0.3, -0.25) is 9.69 Å². The third-order valence-corrected chi connectivity index (χ3v) is 8.56. The summed E-state index contributed by atoms with van der Waals surface area (Å²) < 4.78 is 39.2. The van der Waals surface area contributed by atoms with Crippen LogP contribution in [0.2, 0.25) is 10.0 Å². The van der Waals surface area contributed by atoms with E-state index in [0.29, 0.717) is 22.9 Å². The minimum Gasteiger partial charge on any atom is -0.369 e.